The summed E-state index contributed by atoms with van der Waals surface area (Å²) in [6.07, 6.45) is 2.32. The Kier molecular flexibility index (Phi) is 5.52. The third-order valence-corrected chi connectivity index (χ3v) is 3.90. The summed E-state index contributed by atoms with van der Waals surface area (Å²) in [5, 5.41) is 6.73. The number of benzene rings is 1. The van der Waals surface area contributed by atoms with Crippen molar-refractivity contribution in [1.29, 1.82) is 0 Å². The molecule has 1 aliphatic heterocycles. The monoisotopic (exact) mass is 305 g/mol. The lowest BCUT2D eigenvalue weighted by atomic mass is 9.84. The number of nitrogens with zero attached hydrogens (tertiary/aromatic N) is 1. The first-order valence-corrected chi connectivity index (χ1v) is 7.91. The molecule has 1 aliphatic rings. The zero-order valence-corrected chi connectivity index (χ0v) is 14.0. The van der Waals surface area contributed by atoms with Crippen LogP contribution in [0.3, 0.4) is 0 Å². The summed E-state index contributed by atoms with van der Waals surface area (Å²) >= 11 is 0. The summed E-state index contributed by atoms with van der Waals surface area (Å²) in [7, 11) is 1.80. The number of ether oxygens (including phenoxy) is 2. The van der Waals surface area contributed by atoms with E-state index in [1.165, 1.54) is 12.0 Å². The first-order valence-electron chi connectivity index (χ1n) is 7.91. The zero-order chi connectivity index (χ0) is 16.0. The average molecular weight is 305 g/mol. The smallest absolute Gasteiger partial charge is 0.231 e. The van der Waals surface area contributed by atoms with Gasteiger partial charge in [-0.2, -0.15) is 0 Å². The number of guanidine groups is 1. The normalized spacial score (nSPS) is 14.1. The highest BCUT2D eigenvalue weighted by molar-refractivity contribution is 5.79. The lowest BCUT2D eigenvalue weighted by Crippen LogP contribution is -2.43. The summed E-state index contributed by atoms with van der Waals surface area (Å²) in [6.45, 7) is 8.64. The molecule has 0 radical (unpaired) electrons. The van der Waals surface area contributed by atoms with E-state index in [0.717, 1.165) is 37.0 Å². The van der Waals surface area contributed by atoms with Crippen molar-refractivity contribution in [2.75, 3.05) is 26.9 Å². The van der Waals surface area contributed by atoms with E-state index in [9.17, 15) is 0 Å². The molecule has 0 spiro atoms. The predicted octanol–water partition coefficient (Wildman–Crippen LogP) is 2.66. The van der Waals surface area contributed by atoms with Crippen LogP contribution < -0.4 is 20.1 Å². The molecule has 1 aromatic rings. The molecule has 1 aromatic carbocycles. The van der Waals surface area contributed by atoms with Crippen LogP contribution in [0.2, 0.25) is 0 Å². The molecule has 5 heteroatoms. The number of rotatable bonds is 6. The van der Waals surface area contributed by atoms with Gasteiger partial charge in [-0.1, -0.05) is 33.3 Å². The Morgan fingerprint density at radius 2 is 2.00 bits per heavy atom. The van der Waals surface area contributed by atoms with E-state index in [0.29, 0.717) is 6.79 Å². The maximum atomic E-state index is 5.47. The van der Waals surface area contributed by atoms with Gasteiger partial charge >= 0.3 is 0 Å². The fraction of sp³-hybridized carbons (Fsp3) is 0.588. The highest BCUT2D eigenvalue weighted by Crippen LogP contribution is 2.36. The Morgan fingerprint density at radius 1 is 1.23 bits per heavy atom. The van der Waals surface area contributed by atoms with Gasteiger partial charge < -0.3 is 20.1 Å². The maximum absolute atomic E-state index is 5.47. The van der Waals surface area contributed by atoms with Crippen LogP contribution in [0, 0.1) is 0 Å². The fourth-order valence-corrected chi connectivity index (χ4v) is 2.33. The molecule has 5 nitrogen and oxygen atoms in total. The quantitative estimate of drug-likeness (QED) is 0.482. The molecule has 0 aromatic heterocycles. The van der Waals surface area contributed by atoms with E-state index in [1.54, 1.807) is 7.05 Å². The van der Waals surface area contributed by atoms with Crippen molar-refractivity contribution in [3.63, 3.8) is 0 Å². The molecule has 0 atom stereocenters. The van der Waals surface area contributed by atoms with E-state index in [4.69, 9.17) is 9.47 Å². The van der Waals surface area contributed by atoms with E-state index in [2.05, 4.69) is 48.5 Å². The molecule has 0 fully saturated rings. The Hall–Kier alpha value is -1.91. The van der Waals surface area contributed by atoms with Crippen LogP contribution in [0.4, 0.5) is 0 Å². The molecule has 2 rings (SSSR count). The molecule has 0 aliphatic carbocycles. The van der Waals surface area contributed by atoms with Gasteiger partial charge in [-0.25, -0.2) is 0 Å². The molecule has 122 valence electrons. The minimum absolute atomic E-state index is 0.0383. The minimum atomic E-state index is -0.0383. The summed E-state index contributed by atoms with van der Waals surface area (Å²) in [4.78, 5) is 4.26. The number of unbranched alkanes of at least 4 members (excludes halogenated alkanes) is 1. The fourth-order valence-electron chi connectivity index (χ4n) is 2.33. The van der Waals surface area contributed by atoms with Crippen molar-refractivity contribution in [3.05, 3.63) is 23.8 Å². The predicted molar refractivity (Wildman–Crippen MR) is 89.9 cm³/mol. The number of hydrogen-bond donors (Lipinski definition) is 2. The van der Waals surface area contributed by atoms with Crippen LogP contribution in [-0.2, 0) is 5.41 Å². The molecule has 0 amide bonds. The summed E-state index contributed by atoms with van der Waals surface area (Å²) < 4.78 is 10.8. The number of hydrogen-bond acceptors (Lipinski definition) is 3. The molecule has 22 heavy (non-hydrogen) atoms. The molecule has 1 heterocycles. The van der Waals surface area contributed by atoms with E-state index >= 15 is 0 Å². The molecule has 0 saturated carbocycles. The topological polar surface area (TPSA) is 54.9 Å². The van der Waals surface area contributed by atoms with Crippen molar-refractivity contribution < 1.29 is 9.47 Å². The summed E-state index contributed by atoms with van der Waals surface area (Å²) in [5.41, 5.74) is 1.18. The van der Waals surface area contributed by atoms with Crippen LogP contribution in [0.25, 0.3) is 0 Å². The molecule has 0 bridgehead atoms. The SMILES string of the molecule is CCCCNC(=NC)NCC(C)(C)c1ccc2c(c1)OCO2. The highest BCUT2D eigenvalue weighted by atomic mass is 16.7. The van der Waals surface area contributed by atoms with Crippen molar-refractivity contribution in [1.82, 2.24) is 10.6 Å². The Morgan fingerprint density at radius 3 is 2.73 bits per heavy atom. The standard InChI is InChI=1S/C17H27N3O2/c1-5-6-9-19-16(18-4)20-11-17(2,3)13-7-8-14-15(10-13)22-12-21-14/h7-8,10H,5-6,9,11-12H2,1-4H3,(H2,18,19,20). The Labute approximate surface area is 133 Å². The minimum Gasteiger partial charge on any atom is -0.454 e. The van der Waals surface area contributed by atoms with Crippen LogP contribution in [0.5, 0.6) is 11.5 Å². The maximum Gasteiger partial charge on any atom is 0.231 e. The van der Waals surface area contributed by atoms with Gasteiger partial charge in [-0.3, -0.25) is 4.99 Å². The lowest BCUT2D eigenvalue weighted by Gasteiger charge is -2.27. The number of aliphatic imine (C=N–C) groups is 1. The van der Waals surface area contributed by atoms with Crippen LogP contribution in [0.15, 0.2) is 23.2 Å². The molecular weight excluding hydrogens is 278 g/mol. The molecule has 0 unspecified atom stereocenters. The molecule has 0 saturated heterocycles. The number of fused-ring (bicyclic) bond motifs is 1. The first-order chi connectivity index (χ1) is 10.6. The van der Waals surface area contributed by atoms with Crippen molar-refractivity contribution in [2.24, 2.45) is 4.99 Å². The van der Waals surface area contributed by atoms with Gasteiger partial charge in [0.15, 0.2) is 17.5 Å². The van der Waals surface area contributed by atoms with Gasteiger partial charge in [0.2, 0.25) is 6.79 Å². The van der Waals surface area contributed by atoms with Gasteiger partial charge in [0.25, 0.3) is 0 Å². The largest absolute Gasteiger partial charge is 0.454 e. The van der Waals surface area contributed by atoms with Crippen LogP contribution >= 0.6 is 0 Å². The Bertz CT molecular complexity index is 527. The second-order valence-corrected chi connectivity index (χ2v) is 6.16. The second-order valence-electron chi connectivity index (χ2n) is 6.16. The van der Waals surface area contributed by atoms with Gasteiger partial charge in [-0.05, 0) is 24.1 Å². The van der Waals surface area contributed by atoms with Gasteiger partial charge in [-0.15, -0.1) is 0 Å². The van der Waals surface area contributed by atoms with E-state index < -0.39 is 0 Å². The van der Waals surface area contributed by atoms with Gasteiger partial charge in [0.1, 0.15) is 0 Å². The van der Waals surface area contributed by atoms with Crippen molar-refractivity contribution >= 4 is 5.96 Å². The van der Waals surface area contributed by atoms with E-state index in [-0.39, 0.29) is 5.41 Å². The number of nitrogens with one attached hydrogen (secondary N) is 2. The van der Waals surface area contributed by atoms with Gasteiger partial charge in [0, 0.05) is 25.6 Å². The van der Waals surface area contributed by atoms with Crippen molar-refractivity contribution in [3.8, 4) is 11.5 Å². The Balaban J connectivity index is 1.95. The van der Waals surface area contributed by atoms with Crippen molar-refractivity contribution in [2.45, 2.75) is 39.0 Å². The van der Waals surface area contributed by atoms with Crippen LogP contribution in [0.1, 0.15) is 39.2 Å². The third kappa shape index (κ3) is 4.06. The highest BCUT2D eigenvalue weighted by Gasteiger charge is 2.24. The molecule has 2 N–H and O–H groups in total. The zero-order valence-electron chi connectivity index (χ0n) is 14.0. The summed E-state index contributed by atoms with van der Waals surface area (Å²) in [5.74, 6) is 2.50. The lowest BCUT2D eigenvalue weighted by molar-refractivity contribution is 0.174. The average Bonchev–Trinajstić information content (AvgIpc) is 2.98. The second kappa shape index (κ2) is 7.38. The molecular formula is C17H27N3O2. The van der Waals surface area contributed by atoms with Crippen LogP contribution in [-0.4, -0.2) is 32.9 Å². The first kappa shape index (κ1) is 16.5. The summed E-state index contributed by atoms with van der Waals surface area (Å²) in [6, 6.07) is 6.15. The third-order valence-electron chi connectivity index (χ3n) is 3.90. The van der Waals surface area contributed by atoms with E-state index in [1.807, 2.05) is 6.07 Å². The van der Waals surface area contributed by atoms with Gasteiger partial charge in [0.05, 0.1) is 0 Å².